The Labute approximate surface area is 242 Å². The molecule has 0 aromatic carbocycles. The van der Waals surface area contributed by atoms with Gasteiger partial charge in [0.05, 0.1) is 11.4 Å². The molecule has 0 bridgehead atoms. The van der Waals surface area contributed by atoms with Crippen LogP contribution in [0.5, 0.6) is 0 Å². The first-order valence-corrected chi connectivity index (χ1v) is 16.1. The zero-order valence-electron chi connectivity index (χ0n) is 24.5. The summed E-state index contributed by atoms with van der Waals surface area (Å²) in [6.45, 7) is 8.95. The van der Waals surface area contributed by atoms with Crippen molar-refractivity contribution in [3.8, 4) is 0 Å². The van der Waals surface area contributed by atoms with Gasteiger partial charge in [-0.25, -0.2) is 13.2 Å². The number of allylic oxidation sites excluding steroid dienone is 1. The second kappa shape index (κ2) is 11.5. The van der Waals surface area contributed by atoms with Crippen LogP contribution in [0.2, 0.25) is 0 Å². The zero-order valence-corrected chi connectivity index (χ0v) is 25.3. The molecule has 230 valence electrons. The van der Waals surface area contributed by atoms with Crippen molar-refractivity contribution < 1.29 is 37.4 Å². The van der Waals surface area contributed by atoms with E-state index in [0.717, 1.165) is 6.42 Å². The Morgan fingerprint density at radius 3 is 2.46 bits per heavy atom. The van der Waals surface area contributed by atoms with E-state index in [1.807, 2.05) is 19.1 Å². The molecule has 13 heteroatoms. The Morgan fingerprint density at radius 2 is 1.83 bits per heavy atom. The van der Waals surface area contributed by atoms with Crippen molar-refractivity contribution in [2.75, 3.05) is 6.54 Å². The van der Waals surface area contributed by atoms with E-state index in [-0.39, 0.29) is 31.2 Å². The highest BCUT2D eigenvalue weighted by Crippen LogP contribution is 2.46. The van der Waals surface area contributed by atoms with E-state index in [1.165, 1.54) is 4.90 Å². The normalized spacial score (nSPS) is 35.6. The number of sulfonamides is 1. The van der Waals surface area contributed by atoms with Gasteiger partial charge in [-0.2, -0.15) is 0 Å². The lowest BCUT2D eigenvalue weighted by molar-refractivity contribution is -0.142. The summed E-state index contributed by atoms with van der Waals surface area (Å²) in [7, 11) is -3.84. The fourth-order valence-electron chi connectivity index (χ4n) is 5.86. The van der Waals surface area contributed by atoms with E-state index in [4.69, 9.17) is 4.74 Å². The number of hydrogen-bond acceptors (Lipinski definition) is 8. The SMILES string of the molecule is CC1CC/C=C\[C@@H]2C[C@@]2(C(=O)NS(=O)(=O)C2CC2)NC(=O)[C@@H]2CC(O)CN2C(=O)[C@@H](NC(=O)OC(C)(C)C)[C@H](C)C1. The number of fused-ring (bicyclic) bond motifs is 2. The van der Waals surface area contributed by atoms with Crippen LogP contribution < -0.4 is 15.4 Å². The molecular formula is C28H44N4O8S. The molecular weight excluding hydrogens is 552 g/mol. The number of carbonyl (C=O) groups is 4. The molecule has 1 saturated heterocycles. The summed E-state index contributed by atoms with van der Waals surface area (Å²) in [6, 6.07) is -2.12. The number of alkyl carbamates (subject to hydrolysis) is 1. The third kappa shape index (κ3) is 7.40. The van der Waals surface area contributed by atoms with E-state index in [2.05, 4.69) is 22.3 Å². The number of hydrogen-bond donors (Lipinski definition) is 4. The Kier molecular flexibility index (Phi) is 8.80. The van der Waals surface area contributed by atoms with Crippen LogP contribution in [0.4, 0.5) is 4.79 Å². The number of carbonyl (C=O) groups excluding carboxylic acids is 4. The minimum atomic E-state index is -3.84. The number of aliphatic hydroxyl groups is 1. The summed E-state index contributed by atoms with van der Waals surface area (Å²) in [5.74, 6) is -2.50. The highest BCUT2D eigenvalue weighted by Gasteiger charge is 2.62. The maximum Gasteiger partial charge on any atom is 0.408 e. The molecule has 0 aromatic heterocycles. The molecule has 12 nitrogen and oxygen atoms in total. The quantitative estimate of drug-likeness (QED) is 0.352. The second-order valence-electron chi connectivity index (χ2n) is 13.3. The summed E-state index contributed by atoms with van der Waals surface area (Å²) < 4.78 is 32.7. The van der Waals surface area contributed by atoms with Crippen molar-refractivity contribution in [1.82, 2.24) is 20.3 Å². The molecule has 4 N–H and O–H groups in total. The summed E-state index contributed by atoms with van der Waals surface area (Å²) in [4.78, 5) is 54.9. The number of amides is 4. The molecule has 0 radical (unpaired) electrons. The molecule has 3 fully saturated rings. The lowest BCUT2D eigenvalue weighted by Crippen LogP contribution is -2.59. The van der Waals surface area contributed by atoms with Crippen LogP contribution in [0.1, 0.15) is 79.6 Å². The van der Waals surface area contributed by atoms with Gasteiger partial charge in [0, 0.05) is 18.9 Å². The van der Waals surface area contributed by atoms with Crippen LogP contribution >= 0.6 is 0 Å². The van der Waals surface area contributed by atoms with Crippen LogP contribution in [0.3, 0.4) is 0 Å². The monoisotopic (exact) mass is 596 g/mol. The fraction of sp³-hybridized carbons (Fsp3) is 0.786. The van der Waals surface area contributed by atoms with Gasteiger partial charge in [-0.1, -0.05) is 26.0 Å². The van der Waals surface area contributed by atoms with E-state index in [1.54, 1.807) is 20.8 Å². The van der Waals surface area contributed by atoms with E-state index >= 15 is 0 Å². The maximum absolute atomic E-state index is 13.9. The Hall–Kier alpha value is -2.67. The maximum atomic E-state index is 13.9. The van der Waals surface area contributed by atoms with E-state index < -0.39 is 74.3 Å². The molecule has 2 aliphatic carbocycles. The Morgan fingerprint density at radius 1 is 1.15 bits per heavy atom. The fourth-order valence-corrected chi connectivity index (χ4v) is 7.23. The smallest absolute Gasteiger partial charge is 0.408 e. The molecule has 0 aromatic rings. The summed E-state index contributed by atoms with van der Waals surface area (Å²) in [5, 5.41) is 15.4. The zero-order chi connectivity index (χ0) is 30.3. The van der Waals surface area contributed by atoms with Crippen LogP contribution in [0.25, 0.3) is 0 Å². The average molecular weight is 597 g/mol. The molecule has 7 atom stereocenters. The molecule has 41 heavy (non-hydrogen) atoms. The van der Waals surface area contributed by atoms with Gasteiger partial charge >= 0.3 is 6.09 Å². The van der Waals surface area contributed by atoms with Gasteiger partial charge in [0.2, 0.25) is 21.8 Å². The van der Waals surface area contributed by atoms with E-state index in [0.29, 0.717) is 25.7 Å². The first-order chi connectivity index (χ1) is 19.0. The second-order valence-corrected chi connectivity index (χ2v) is 15.3. The predicted octanol–water partition coefficient (Wildman–Crippen LogP) is 1.34. The van der Waals surface area contributed by atoms with Crippen molar-refractivity contribution in [2.45, 2.75) is 114 Å². The van der Waals surface area contributed by atoms with Crippen molar-refractivity contribution in [3.63, 3.8) is 0 Å². The standard InChI is InChI=1S/C28H44N4O8S/c1-16-8-6-7-9-18-14-28(18,25(36)31-41(38,39)20-10-11-20)30-23(34)21-13-19(33)15-32(21)24(35)22(17(2)12-16)29-26(37)40-27(3,4)5/h7,9,16-22,33H,6,8,10-15H2,1-5H3,(H,29,37)(H,30,34)(H,31,36)/b9-7-/t16?,17-,18-,19?,21+,22+,28-/m1/s1. The lowest BCUT2D eigenvalue weighted by Gasteiger charge is -2.33. The number of nitrogens with zero attached hydrogens (tertiary/aromatic N) is 1. The summed E-state index contributed by atoms with van der Waals surface area (Å²) in [5.41, 5.74) is -2.25. The highest BCUT2D eigenvalue weighted by atomic mass is 32.2. The van der Waals surface area contributed by atoms with Gasteiger partial charge in [-0.05, 0) is 71.1 Å². The molecule has 4 amide bonds. The van der Waals surface area contributed by atoms with Crippen LogP contribution in [-0.2, 0) is 29.1 Å². The lowest BCUT2D eigenvalue weighted by atomic mass is 9.88. The van der Waals surface area contributed by atoms with Gasteiger partial charge in [-0.3, -0.25) is 19.1 Å². The Bertz CT molecular complexity index is 1190. The minimum Gasteiger partial charge on any atom is -0.444 e. The van der Waals surface area contributed by atoms with Crippen LogP contribution in [-0.4, -0.2) is 83.4 Å². The molecule has 2 unspecified atom stereocenters. The Balaban J connectivity index is 1.62. The van der Waals surface area contributed by atoms with Crippen molar-refractivity contribution in [1.29, 1.82) is 0 Å². The predicted molar refractivity (Wildman–Crippen MR) is 150 cm³/mol. The van der Waals surface area contributed by atoms with Crippen LogP contribution in [0.15, 0.2) is 12.2 Å². The largest absolute Gasteiger partial charge is 0.444 e. The third-order valence-corrected chi connectivity index (χ3v) is 10.1. The average Bonchev–Trinajstić information content (AvgIpc) is 3.76. The van der Waals surface area contributed by atoms with Crippen molar-refractivity contribution in [2.24, 2.45) is 17.8 Å². The van der Waals surface area contributed by atoms with E-state index in [9.17, 15) is 32.7 Å². The number of nitrogens with one attached hydrogen (secondary N) is 3. The highest BCUT2D eigenvalue weighted by molar-refractivity contribution is 7.91. The van der Waals surface area contributed by atoms with Gasteiger partial charge < -0.3 is 25.4 Å². The topological polar surface area (TPSA) is 171 Å². The summed E-state index contributed by atoms with van der Waals surface area (Å²) in [6.07, 6.45) is 5.26. The first kappa shape index (κ1) is 31.3. The third-order valence-electron chi connectivity index (χ3n) is 8.31. The van der Waals surface area contributed by atoms with Gasteiger partial charge in [-0.15, -0.1) is 0 Å². The molecule has 2 heterocycles. The summed E-state index contributed by atoms with van der Waals surface area (Å²) >= 11 is 0. The number of rotatable bonds is 4. The van der Waals surface area contributed by atoms with Crippen molar-refractivity contribution >= 4 is 33.8 Å². The van der Waals surface area contributed by atoms with Gasteiger partial charge in [0.15, 0.2) is 0 Å². The molecule has 2 saturated carbocycles. The first-order valence-electron chi connectivity index (χ1n) is 14.5. The molecule has 2 aliphatic heterocycles. The molecule has 4 rings (SSSR count). The molecule has 0 spiro atoms. The number of aliphatic hydroxyl groups excluding tert-OH is 1. The minimum absolute atomic E-state index is 0.0555. The van der Waals surface area contributed by atoms with Gasteiger partial charge in [0.25, 0.3) is 5.91 Å². The van der Waals surface area contributed by atoms with Gasteiger partial charge in [0.1, 0.15) is 23.2 Å². The molecule has 4 aliphatic rings. The van der Waals surface area contributed by atoms with Crippen LogP contribution in [0, 0.1) is 17.8 Å². The van der Waals surface area contributed by atoms with Crippen molar-refractivity contribution in [3.05, 3.63) is 12.2 Å². The number of ether oxygens (including phenoxy) is 1.